The summed E-state index contributed by atoms with van der Waals surface area (Å²) in [7, 11) is 0. The third-order valence-electron chi connectivity index (χ3n) is 5.33. The predicted molar refractivity (Wildman–Crippen MR) is 115 cm³/mol. The molecule has 1 N–H and O–H groups in total. The number of rotatable bonds is 5. The monoisotopic (exact) mass is 407 g/mol. The first-order chi connectivity index (χ1) is 13.9. The molecule has 0 aliphatic carbocycles. The fourth-order valence-corrected chi connectivity index (χ4v) is 3.96. The van der Waals surface area contributed by atoms with Crippen molar-refractivity contribution in [2.24, 2.45) is 0 Å². The van der Waals surface area contributed by atoms with Crippen molar-refractivity contribution in [2.75, 3.05) is 0 Å². The lowest BCUT2D eigenvalue weighted by atomic mass is 10.1. The highest BCUT2D eigenvalue weighted by molar-refractivity contribution is 7.71. The van der Waals surface area contributed by atoms with Gasteiger partial charge in [-0.05, 0) is 58.5 Å². The van der Waals surface area contributed by atoms with Crippen molar-refractivity contribution >= 4 is 12.2 Å². The largest absolute Gasteiger partial charge is 0.267 e. The van der Waals surface area contributed by atoms with Crippen molar-refractivity contribution in [2.45, 2.75) is 47.2 Å². The van der Waals surface area contributed by atoms with Crippen LogP contribution in [0.15, 0.2) is 36.5 Å². The summed E-state index contributed by atoms with van der Waals surface area (Å²) in [6.07, 6.45) is 1.80. The Kier molecular flexibility index (Phi) is 4.96. The zero-order chi connectivity index (χ0) is 20.7. The second-order valence-electron chi connectivity index (χ2n) is 7.48. The molecular weight excluding hydrogens is 382 g/mol. The summed E-state index contributed by atoms with van der Waals surface area (Å²) < 4.78 is 6.52. The van der Waals surface area contributed by atoms with Gasteiger partial charge in [-0.15, -0.1) is 0 Å². The van der Waals surface area contributed by atoms with E-state index < -0.39 is 0 Å². The molecule has 1 atom stereocenters. The van der Waals surface area contributed by atoms with Crippen molar-refractivity contribution < 1.29 is 0 Å². The molecule has 4 rings (SSSR count). The SMILES string of the molecule is Cc1ccc(Cn2nc(C)c(-n3c([C@H](C)n4nccc4C)n[nH]c3=S)c2C)cc1. The van der Waals surface area contributed by atoms with Gasteiger partial charge in [0, 0.05) is 11.9 Å². The lowest BCUT2D eigenvalue weighted by Gasteiger charge is -2.15. The van der Waals surface area contributed by atoms with E-state index in [4.69, 9.17) is 17.3 Å². The third-order valence-corrected chi connectivity index (χ3v) is 5.60. The van der Waals surface area contributed by atoms with Crippen molar-refractivity contribution in [1.82, 2.24) is 34.3 Å². The van der Waals surface area contributed by atoms with Gasteiger partial charge < -0.3 is 0 Å². The number of H-pyrrole nitrogens is 1. The third kappa shape index (κ3) is 3.44. The van der Waals surface area contributed by atoms with Crippen LogP contribution in [-0.4, -0.2) is 34.3 Å². The highest BCUT2D eigenvalue weighted by Crippen LogP contribution is 2.25. The highest BCUT2D eigenvalue weighted by atomic mass is 32.1. The number of hydrogen-bond acceptors (Lipinski definition) is 4. The molecule has 0 unspecified atom stereocenters. The van der Waals surface area contributed by atoms with Crippen molar-refractivity contribution in [3.8, 4) is 5.69 Å². The van der Waals surface area contributed by atoms with Gasteiger partial charge in [-0.3, -0.25) is 19.0 Å². The van der Waals surface area contributed by atoms with E-state index in [0.29, 0.717) is 11.3 Å². The van der Waals surface area contributed by atoms with Crippen LogP contribution in [0.5, 0.6) is 0 Å². The molecule has 7 nitrogen and oxygen atoms in total. The molecule has 0 radical (unpaired) electrons. The molecule has 0 amide bonds. The number of aryl methyl sites for hydroxylation is 3. The molecule has 0 aliphatic rings. The number of benzene rings is 1. The van der Waals surface area contributed by atoms with Crippen LogP contribution >= 0.6 is 12.2 Å². The van der Waals surface area contributed by atoms with Crippen LogP contribution in [0.4, 0.5) is 0 Å². The van der Waals surface area contributed by atoms with Gasteiger partial charge >= 0.3 is 0 Å². The lowest BCUT2D eigenvalue weighted by Crippen LogP contribution is -2.16. The van der Waals surface area contributed by atoms with Crippen LogP contribution in [0, 0.1) is 32.5 Å². The molecule has 4 aromatic rings. The zero-order valence-corrected chi connectivity index (χ0v) is 18.2. The minimum Gasteiger partial charge on any atom is -0.267 e. The summed E-state index contributed by atoms with van der Waals surface area (Å²) in [4.78, 5) is 0. The number of aromatic amines is 1. The summed E-state index contributed by atoms with van der Waals surface area (Å²) in [6, 6.07) is 10.4. The first-order valence-corrected chi connectivity index (χ1v) is 10.0. The highest BCUT2D eigenvalue weighted by Gasteiger charge is 2.23. The quantitative estimate of drug-likeness (QED) is 0.503. The van der Waals surface area contributed by atoms with E-state index >= 15 is 0 Å². The van der Waals surface area contributed by atoms with Gasteiger partial charge in [0.1, 0.15) is 6.04 Å². The molecule has 0 fully saturated rings. The van der Waals surface area contributed by atoms with Crippen LogP contribution in [0.3, 0.4) is 0 Å². The topological polar surface area (TPSA) is 69.2 Å². The lowest BCUT2D eigenvalue weighted by molar-refractivity contribution is 0.515. The van der Waals surface area contributed by atoms with E-state index in [1.807, 2.05) is 33.8 Å². The Labute approximate surface area is 175 Å². The minimum atomic E-state index is -0.0720. The first kappa shape index (κ1) is 19.3. The molecule has 0 bridgehead atoms. The smallest absolute Gasteiger partial charge is 0.200 e. The van der Waals surface area contributed by atoms with Gasteiger partial charge in [-0.1, -0.05) is 29.8 Å². The second-order valence-corrected chi connectivity index (χ2v) is 7.86. The Balaban J connectivity index is 1.77. The molecule has 0 spiro atoms. The van der Waals surface area contributed by atoms with Crippen molar-refractivity contribution in [3.63, 3.8) is 0 Å². The molecule has 0 saturated heterocycles. The maximum Gasteiger partial charge on any atom is 0.200 e. The Morgan fingerprint density at radius 1 is 1.07 bits per heavy atom. The van der Waals surface area contributed by atoms with E-state index in [-0.39, 0.29) is 6.04 Å². The molecular formula is C21H25N7S. The zero-order valence-electron chi connectivity index (χ0n) is 17.3. The number of nitrogens with one attached hydrogen (secondary N) is 1. The molecule has 1 aromatic carbocycles. The fraction of sp³-hybridized carbons (Fsp3) is 0.333. The van der Waals surface area contributed by atoms with Crippen LogP contribution < -0.4 is 0 Å². The maximum atomic E-state index is 5.59. The van der Waals surface area contributed by atoms with E-state index in [0.717, 1.165) is 28.6 Å². The Hall–Kier alpha value is -3.00. The molecule has 8 heteroatoms. The van der Waals surface area contributed by atoms with Crippen LogP contribution in [0.25, 0.3) is 5.69 Å². The fourth-order valence-electron chi connectivity index (χ4n) is 3.73. The summed E-state index contributed by atoms with van der Waals surface area (Å²) in [5.41, 5.74) is 6.47. The summed E-state index contributed by atoms with van der Waals surface area (Å²) in [5.74, 6) is 0.808. The van der Waals surface area contributed by atoms with Crippen LogP contribution in [-0.2, 0) is 6.54 Å². The van der Waals surface area contributed by atoms with Gasteiger partial charge in [0.25, 0.3) is 0 Å². The van der Waals surface area contributed by atoms with Gasteiger partial charge in [-0.25, -0.2) is 0 Å². The summed E-state index contributed by atoms with van der Waals surface area (Å²) >= 11 is 5.59. The van der Waals surface area contributed by atoms with E-state index in [1.165, 1.54) is 11.1 Å². The molecule has 0 aliphatic heterocycles. The Bertz CT molecular complexity index is 1210. The number of aromatic nitrogens is 7. The molecule has 150 valence electrons. The van der Waals surface area contributed by atoms with Crippen molar-refractivity contribution in [1.29, 1.82) is 0 Å². The average Bonchev–Trinajstić information content (AvgIpc) is 3.35. The molecule has 29 heavy (non-hydrogen) atoms. The number of hydrogen-bond donors (Lipinski definition) is 1. The van der Waals surface area contributed by atoms with Crippen LogP contribution in [0.2, 0.25) is 0 Å². The van der Waals surface area contributed by atoms with E-state index in [1.54, 1.807) is 6.20 Å². The van der Waals surface area contributed by atoms with E-state index in [2.05, 4.69) is 60.3 Å². The van der Waals surface area contributed by atoms with Gasteiger partial charge in [-0.2, -0.15) is 15.3 Å². The molecule has 0 saturated carbocycles. The summed E-state index contributed by atoms with van der Waals surface area (Å²) in [5, 5.41) is 16.7. The van der Waals surface area contributed by atoms with Crippen LogP contribution in [0.1, 0.15) is 47.0 Å². The Morgan fingerprint density at radius 2 is 1.79 bits per heavy atom. The van der Waals surface area contributed by atoms with E-state index in [9.17, 15) is 0 Å². The molecule has 3 heterocycles. The van der Waals surface area contributed by atoms with Gasteiger partial charge in [0.05, 0.1) is 23.6 Å². The Morgan fingerprint density at radius 3 is 2.45 bits per heavy atom. The first-order valence-electron chi connectivity index (χ1n) is 9.64. The van der Waals surface area contributed by atoms with Gasteiger partial charge in [0.2, 0.25) is 0 Å². The van der Waals surface area contributed by atoms with Crippen molar-refractivity contribution in [3.05, 3.63) is 75.3 Å². The minimum absolute atomic E-state index is 0.0720. The predicted octanol–water partition coefficient (Wildman–Crippen LogP) is 4.21. The average molecular weight is 408 g/mol. The summed E-state index contributed by atoms with van der Waals surface area (Å²) in [6.45, 7) is 11.0. The normalized spacial score (nSPS) is 12.4. The van der Waals surface area contributed by atoms with Gasteiger partial charge in [0.15, 0.2) is 10.6 Å². The maximum absolute atomic E-state index is 5.59. The second kappa shape index (κ2) is 7.44. The standard InChI is InChI=1S/C21H25N7S/c1-13-6-8-18(9-7-13)12-26-16(4)19(15(3)25-26)27-20(23-24-21(27)29)17(5)28-14(2)10-11-22-28/h6-11,17H,12H2,1-5H3,(H,24,29)/t17-/m0/s1. The number of nitrogens with zero attached hydrogens (tertiary/aromatic N) is 6. The molecule has 3 aromatic heterocycles.